The summed E-state index contributed by atoms with van der Waals surface area (Å²) < 4.78 is 43.5. The number of rotatable bonds is 10. The van der Waals surface area contributed by atoms with Crippen LogP contribution < -0.4 is 10.1 Å². The van der Waals surface area contributed by atoms with Gasteiger partial charge in [-0.05, 0) is 31.1 Å². The largest absolute Gasteiger partial charge is 0.473 e. The monoisotopic (exact) mass is 503 g/mol. The number of aliphatic hydroxyl groups is 1. The van der Waals surface area contributed by atoms with E-state index in [4.69, 9.17) is 15.3 Å². The van der Waals surface area contributed by atoms with E-state index >= 15 is 0 Å². The van der Waals surface area contributed by atoms with Gasteiger partial charge in [0.2, 0.25) is 11.8 Å². The number of benzene rings is 1. The van der Waals surface area contributed by atoms with Crippen molar-refractivity contribution in [2.45, 2.75) is 26.4 Å². The van der Waals surface area contributed by atoms with Gasteiger partial charge in [-0.2, -0.15) is 13.2 Å². The molecule has 1 amide bonds. The lowest BCUT2D eigenvalue weighted by molar-refractivity contribution is -0.137. The molecule has 0 atom stereocenters. The summed E-state index contributed by atoms with van der Waals surface area (Å²) >= 11 is 0. The van der Waals surface area contributed by atoms with Crippen molar-refractivity contribution < 1.29 is 27.8 Å². The SMILES string of the molecule is C\N=C(/N=C(C)/C(C=N)=C(/C)COc1ccc(C(F)(F)F)cn1)c1ccc(CC(=O)NCCO)cc1. The molecule has 3 N–H and O–H groups in total. The van der Waals surface area contributed by atoms with Gasteiger partial charge in [-0.3, -0.25) is 9.79 Å². The fourth-order valence-electron chi connectivity index (χ4n) is 3.11. The number of nitrogens with one attached hydrogen (secondary N) is 2. The lowest BCUT2D eigenvalue weighted by atomic mass is 10.1. The minimum atomic E-state index is -4.48. The summed E-state index contributed by atoms with van der Waals surface area (Å²) in [4.78, 5) is 24.2. The van der Waals surface area contributed by atoms with E-state index in [1.165, 1.54) is 0 Å². The maximum absolute atomic E-state index is 12.7. The molecule has 1 aromatic heterocycles. The predicted octanol–water partition coefficient (Wildman–Crippen LogP) is 3.63. The van der Waals surface area contributed by atoms with Gasteiger partial charge in [0.1, 0.15) is 6.61 Å². The second-order valence-corrected chi connectivity index (χ2v) is 7.70. The number of pyridine rings is 1. The molecule has 0 aliphatic carbocycles. The molecule has 2 aromatic rings. The number of halogens is 3. The summed E-state index contributed by atoms with van der Waals surface area (Å²) in [6.45, 7) is 3.52. The number of alkyl halides is 3. The molecule has 1 heterocycles. The van der Waals surface area contributed by atoms with E-state index in [0.29, 0.717) is 34.5 Å². The van der Waals surface area contributed by atoms with Gasteiger partial charge in [-0.1, -0.05) is 24.3 Å². The number of carbonyl (C=O) groups excluding carboxylic acids is 1. The zero-order chi connectivity index (χ0) is 26.7. The maximum atomic E-state index is 12.7. The first-order valence-corrected chi connectivity index (χ1v) is 10.9. The van der Waals surface area contributed by atoms with Crippen LogP contribution in [0.5, 0.6) is 5.88 Å². The zero-order valence-electron chi connectivity index (χ0n) is 20.2. The summed E-state index contributed by atoms with van der Waals surface area (Å²) in [7, 11) is 1.59. The Bertz CT molecular complexity index is 1140. The fraction of sp³-hybridized carbons (Fsp3) is 0.320. The number of hydrogen-bond acceptors (Lipinski definition) is 6. The van der Waals surface area contributed by atoms with Crippen LogP contribution in [-0.4, -0.2) is 60.6 Å². The van der Waals surface area contributed by atoms with Gasteiger partial charge in [0.25, 0.3) is 0 Å². The molecule has 36 heavy (non-hydrogen) atoms. The van der Waals surface area contributed by atoms with Crippen molar-refractivity contribution in [2.75, 3.05) is 26.8 Å². The van der Waals surface area contributed by atoms with Crippen LogP contribution in [0.4, 0.5) is 13.2 Å². The molecule has 0 saturated heterocycles. The van der Waals surface area contributed by atoms with Crippen molar-refractivity contribution in [3.63, 3.8) is 0 Å². The highest BCUT2D eigenvalue weighted by Gasteiger charge is 2.30. The highest BCUT2D eigenvalue weighted by atomic mass is 19.4. The Morgan fingerprint density at radius 3 is 2.42 bits per heavy atom. The molecule has 0 aliphatic heterocycles. The van der Waals surface area contributed by atoms with Crippen LogP contribution in [0, 0.1) is 5.41 Å². The lowest BCUT2D eigenvalue weighted by Gasteiger charge is -2.11. The van der Waals surface area contributed by atoms with E-state index in [9.17, 15) is 18.0 Å². The van der Waals surface area contributed by atoms with Crippen LogP contribution in [0.15, 0.2) is 63.7 Å². The Balaban J connectivity index is 2.12. The van der Waals surface area contributed by atoms with E-state index in [1.54, 1.807) is 45.2 Å². The molecule has 11 heteroatoms. The Labute approximate surface area is 207 Å². The molecule has 192 valence electrons. The minimum absolute atomic E-state index is 0.00157. The van der Waals surface area contributed by atoms with Crippen LogP contribution in [-0.2, 0) is 17.4 Å². The zero-order valence-corrected chi connectivity index (χ0v) is 20.2. The van der Waals surface area contributed by atoms with Crippen LogP contribution in [0.3, 0.4) is 0 Å². The number of aliphatic imine (C=N–C) groups is 2. The standard InChI is InChI=1S/C25H28F3N5O3/c1-16(15-36-23-9-8-20(14-32-23)25(26,27)28)21(13-29)17(2)33-24(30-3)19-6-4-18(5-7-19)12-22(35)31-10-11-34/h4-9,13-14,29,34H,10-12,15H2,1-3H3,(H,31,35)/b21-16-,29-13?,30-24-,33-17+. The van der Waals surface area contributed by atoms with Gasteiger partial charge in [0, 0.05) is 48.9 Å². The molecule has 0 radical (unpaired) electrons. The molecular weight excluding hydrogens is 475 g/mol. The summed E-state index contributed by atoms with van der Waals surface area (Å²) in [5.74, 6) is 0.253. The van der Waals surface area contributed by atoms with Gasteiger partial charge in [-0.25, -0.2) is 9.98 Å². The number of ether oxygens (including phenoxy) is 1. The number of nitrogens with zero attached hydrogens (tertiary/aromatic N) is 3. The first kappa shape index (κ1) is 28.4. The topological polar surface area (TPSA) is 120 Å². The first-order valence-electron chi connectivity index (χ1n) is 10.9. The molecule has 0 unspecified atom stereocenters. The molecule has 0 saturated carbocycles. The second-order valence-electron chi connectivity index (χ2n) is 7.70. The van der Waals surface area contributed by atoms with Crippen molar-refractivity contribution in [2.24, 2.45) is 9.98 Å². The van der Waals surface area contributed by atoms with Gasteiger partial charge in [0.05, 0.1) is 18.6 Å². The van der Waals surface area contributed by atoms with E-state index in [2.05, 4.69) is 20.3 Å². The number of allylic oxidation sites excluding steroid dienone is 1. The van der Waals surface area contributed by atoms with Crippen molar-refractivity contribution >= 4 is 23.7 Å². The maximum Gasteiger partial charge on any atom is 0.417 e. The molecule has 2 rings (SSSR count). The predicted molar refractivity (Wildman–Crippen MR) is 132 cm³/mol. The Morgan fingerprint density at radius 1 is 1.19 bits per heavy atom. The molecule has 8 nitrogen and oxygen atoms in total. The summed E-state index contributed by atoms with van der Waals surface area (Å²) in [5, 5.41) is 19.2. The molecular formula is C25H28F3N5O3. The number of amides is 1. The Kier molecular flexibility index (Phi) is 10.5. The van der Waals surface area contributed by atoms with E-state index < -0.39 is 11.7 Å². The highest BCUT2D eigenvalue weighted by Crippen LogP contribution is 2.29. The third kappa shape index (κ3) is 8.42. The number of carbonyl (C=O) groups is 1. The molecule has 0 bridgehead atoms. The van der Waals surface area contributed by atoms with Gasteiger partial charge in [-0.15, -0.1) is 0 Å². The lowest BCUT2D eigenvalue weighted by Crippen LogP contribution is -2.27. The van der Waals surface area contributed by atoms with E-state index in [1.807, 2.05) is 0 Å². The van der Waals surface area contributed by atoms with Crippen molar-refractivity contribution in [3.8, 4) is 5.88 Å². The summed E-state index contributed by atoms with van der Waals surface area (Å²) in [6, 6.07) is 9.17. The third-order valence-corrected chi connectivity index (χ3v) is 4.99. The summed E-state index contributed by atoms with van der Waals surface area (Å²) in [6.07, 6.45) is -2.47. The van der Waals surface area contributed by atoms with Crippen molar-refractivity contribution in [1.82, 2.24) is 10.3 Å². The van der Waals surface area contributed by atoms with E-state index in [0.717, 1.165) is 23.9 Å². The second kappa shape index (κ2) is 13.3. The molecule has 1 aromatic carbocycles. The van der Waals surface area contributed by atoms with Crippen LogP contribution in [0.25, 0.3) is 0 Å². The summed E-state index contributed by atoms with van der Waals surface area (Å²) in [5.41, 5.74) is 2.25. The average molecular weight is 504 g/mol. The molecule has 0 aliphatic rings. The number of aromatic nitrogens is 1. The number of hydrogen-bond donors (Lipinski definition) is 3. The highest BCUT2D eigenvalue weighted by molar-refractivity contribution is 6.20. The van der Waals surface area contributed by atoms with Gasteiger partial charge in [0.15, 0.2) is 5.84 Å². The normalized spacial score (nSPS) is 13.2. The fourth-order valence-corrected chi connectivity index (χ4v) is 3.11. The van der Waals surface area contributed by atoms with Gasteiger partial charge >= 0.3 is 6.18 Å². The van der Waals surface area contributed by atoms with Crippen LogP contribution in [0.2, 0.25) is 0 Å². The van der Waals surface area contributed by atoms with Gasteiger partial charge < -0.3 is 20.6 Å². The number of aliphatic hydroxyl groups excluding tert-OH is 1. The van der Waals surface area contributed by atoms with Crippen LogP contribution >= 0.6 is 0 Å². The first-order chi connectivity index (χ1) is 17.1. The van der Waals surface area contributed by atoms with Crippen LogP contribution in [0.1, 0.15) is 30.5 Å². The van der Waals surface area contributed by atoms with Crippen molar-refractivity contribution in [1.29, 1.82) is 5.41 Å². The molecule has 0 spiro atoms. The quantitative estimate of drug-likeness (QED) is 0.339. The van der Waals surface area contributed by atoms with Crippen molar-refractivity contribution in [3.05, 3.63) is 70.4 Å². The number of amidine groups is 1. The average Bonchev–Trinajstić information content (AvgIpc) is 2.85. The third-order valence-electron chi connectivity index (χ3n) is 4.99. The van der Waals surface area contributed by atoms with E-state index in [-0.39, 0.29) is 38.0 Å². The molecule has 0 fully saturated rings. The Morgan fingerprint density at radius 2 is 1.89 bits per heavy atom. The minimum Gasteiger partial charge on any atom is -0.473 e. The smallest absolute Gasteiger partial charge is 0.417 e. The Hall–Kier alpha value is -3.86.